The Morgan fingerprint density at radius 1 is 0.911 bits per heavy atom. The number of hydrogen-bond acceptors (Lipinski definition) is 8. The van der Waals surface area contributed by atoms with Crippen molar-refractivity contribution in [3.63, 3.8) is 0 Å². The maximum absolute atomic E-state index is 13.5. The molecular formula is C35H27N5O4S. The van der Waals surface area contributed by atoms with Gasteiger partial charge < -0.3 is 14.7 Å². The van der Waals surface area contributed by atoms with Crippen molar-refractivity contribution in [2.24, 2.45) is 0 Å². The molecule has 2 N–H and O–H groups in total. The lowest BCUT2D eigenvalue weighted by Gasteiger charge is -2.31. The Labute approximate surface area is 262 Å². The number of thiazole rings is 1. The van der Waals surface area contributed by atoms with E-state index in [1.165, 1.54) is 11.3 Å². The standard InChI is InChI=1S/C35H27N5O4S/c1-21-24(16-18-36-33(21)44-23-9-3-2-4-10-23)25-14-15-30(38-31(25)34(42)43)40-19-17-22-8-7-11-26(27(22)20-40)32(41)39-35-37-28-12-5-6-13-29(28)45-35/h2-16,18H,17,19-20H2,1H3,(H,42,43)(H,37,39,41). The van der Waals surface area contributed by atoms with Crippen LogP contribution in [0.2, 0.25) is 0 Å². The number of carbonyl (C=O) groups is 2. The molecule has 0 atom stereocenters. The zero-order valence-electron chi connectivity index (χ0n) is 24.2. The van der Waals surface area contributed by atoms with Gasteiger partial charge in [0.15, 0.2) is 10.8 Å². The average Bonchev–Trinajstić information content (AvgIpc) is 3.48. The van der Waals surface area contributed by atoms with Crippen LogP contribution in [-0.2, 0) is 13.0 Å². The molecule has 7 rings (SSSR count). The van der Waals surface area contributed by atoms with E-state index < -0.39 is 5.97 Å². The number of amides is 1. The first-order valence-electron chi connectivity index (χ1n) is 14.4. The lowest BCUT2D eigenvalue weighted by atomic mass is 9.94. The van der Waals surface area contributed by atoms with Gasteiger partial charge in [-0.2, -0.15) is 0 Å². The Hall–Kier alpha value is -5.61. The molecule has 222 valence electrons. The number of carboxylic acids is 1. The summed E-state index contributed by atoms with van der Waals surface area (Å²) in [5.74, 6) is 0.181. The Balaban J connectivity index is 1.17. The second-order valence-electron chi connectivity index (χ2n) is 10.6. The zero-order valence-corrected chi connectivity index (χ0v) is 25.0. The van der Waals surface area contributed by atoms with Crippen molar-refractivity contribution in [1.82, 2.24) is 15.0 Å². The van der Waals surface area contributed by atoms with Gasteiger partial charge in [-0.25, -0.2) is 19.7 Å². The molecule has 0 saturated carbocycles. The Kier molecular flexibility index (Phi) is 7.40. The minimum Gasteiger partial charge on any atom is -0.476 e. The van der Waals surface area contributed by atoms with Crippen molar-refractivity contribution in [3.05, 3.63) is 125 Å². The summed E-state index contributed by atoms with van der Waals surface area (Å²) in [6.07, 6.45) is 2.29. The lowest BCUT2D eigenvalue weighted by molar-refractivity contribution is 0.0691. The topological polar surface area (TPSA) is 118 Å². The predicted molar refractivity (Wildman–Crippen MR) is 174 cm³/mol. The van der Waals surface area contributed by atoms with E-state index >= 15 is 0 Å². The number of aromatic nitrogens is 3. The maximum atomic E-state index is 13.5. The van der Waals surface area contributed by atoms with Crippen LogP contribution in [0.1, 0.15) is 37.5 Å². The van der Waals surface area contributed by atoms with E-state index in [1.54, 1.807) is 18.3 Å². The van der Waals surface area contributed by atoms with Crippen molar-refractivity contribution in [2.75, 3.05) is 16.8 Å². The molecule has 0 fully saturated rings. The highest BCUT2D eigenvalue weighted by Crippen LogP contribution is 2.35. The smallest absolute Gasteiger partial charge is 0.355 e. The number of nitrogens with zero attached hydrogens (tertiary/aromatic N) is 4. The Bertz CT molecular complexity index is 2050. The van der Waals surface area contributed by atoms with Gasteiger partial charge in [-0.3, -0.25) is 10.1 Å². The number of aromatic carboxylic acids is 1. The van der Waals surface area contributed by atoms with Crippen molar-refractivity contribution in [1.29, 1.82) is 0 Å². The monoisotopic (exact) mass is 613 g/mol. The third-order valence-electron chi connectivity index (χ3n) is 7.84. The molecular weight excluding hydrogens is 586 g/mol. The molecule has 6 aromatic rings. The highest BCUT2D eigenvalue weighted by molar-refractivity contribution is 7.22. The first-order valence-corrected chi connectivity index (χ1v) is 15.2. The molecule has 1 amide bonds. The van der Waals surface area contributed by atoms with Crippen LogP contribution in [0.4, 0.5) is 10.9 Å². The number of nitrogens with one attached hydrogen (secondary N) is 1. The number of hydrogen-bond donors (Lipinski definition) is 2. The van der Waals surface area contributed by atoms with Crippen molar-refractivity contribution in [3.8, 4) is 22.8 Å². The fourth-order valence-electron chi connectivity index (χ4n) is 5.60. The summed E-state index contributed by atoms with van der Waals surface area (Å²) in [7, 11) is 0. The number of para-hydroxylation sites is 2. The number of rotatable bonds is 7. The fourth-order valence-corrected chi connectivity index (χ4v) is 6.46. The first-order chi connectivity index (χ1) is 21.9. The summed E-state index contributed by atoms with van der Waals surface area (Å²) in [6.45, 7) is 2.89. The van der Waals surface area contributed by atoms with Gasteiger partial charge in [0.05, 0.1) is 10.2 Å². The molecule has 3 aromatic carbocycles. The lowest BCUT2D eigenvalue weighted by Crippen LogP contribution is -2.33. The number of ether oxygens (including phenoxy) is 1. The van der Waals surface area contributed by atoms with Crippen LogP contribution in [0.15, 0.2) is 97.2 Å². The maximum Gasteiger partial charge on any atom is 0.355 e. The van der Waals surface area contributed by atoms with Gasteiger partial charge in [0, 0.05) is 36.0 Å². The molecule has 1 aliphatic heterocycles. The van der Waals surface area contributed by atoms with Crippen LogP contribution < -0.4 is 15.0 Å². The van der Waals surface area contributed by atoms with E-state index in [-0.39, 0.29) is 11.6 Å². The molecule has 9 nitrogen and oxygen atoms in total. The molecule has 4 heterocycles. The second-order valence-corrected chi connectivity index (χ2v) is 11.7. The highest BCUT2D eigenvalue weighted by Gasteiger charge is 2.25. The summed E-state index contributed by atoms with van der Waals surface area (Å²) in [4.78, 5) is 41.5. The van der Waals surface area contributed by atoms with Crippen LogP contribution in [0, 0.1) is 6.92 Å². The second kappa shape index (κ2) is 11.8. The number of fused-ring (bicyclic) bond motifs is 2. The molecule has 45 heavy (non-hydrogen) atoms. The normalized spacial score (nSPS) is 12.5. The molecule has 0 spiro atoms. The van der Waals surface area contributed by atoms with Crippen LogP contribution in [-0.4, -0.2) is 38.5 Å². The van der Waals surface area contributed by atoms with E-state index in [0.29, 0.717) is 64.3 Å². The molecule has 0 aliphatic carbocycles. The van der Waals surface area contributed by atoms with Gasteiger partial charge in [0.2, 0.25) is 5.88 Å². The summed E-state index contributed by atoms with van der Waals surface area (Å²) < 4.78 is 6.98. The molecule has 10 heteroatoms. The van der Waals surface area contributed by atoms with Gasteiger partial charge in [0.1, 0.15) is 11.6 Å². The molecule has 0 radical (unpaired) electrons. The largest absolute Gasteiger partial charge is 0.476 e. The van der Waals surface area contributed by atoms with Crippen LogP contribution in [0.25, 0.3) is 21.3 Å². The van der Waals surface area contributed by atoms with E-state index in [1.807, 2.05) is 90.7 Å². The molecule has 1 aliphatic rings. The fraction of sp³-hybridized carbons (Fsp3) is 0.114. The third-order valence-corrected chi connectivity index (χ3v) is 8.80. The summed E-state index contributed by atoms with van der Waals surface area (Å²) in [6, 6.07) is 28.2. The summed E-state index contributed by atoms with van der Waals surface area (Å²) in [5.41, 5.74) is 5.14. The number of carboxylic acid groups (broad SMARTS) is 1. The SMILES string of the molecule is Cc1c(-c2ccc(N3CCc4cccc(C(=O)Nc5nc6ccccc6s5)c4C3)nc2C(=O)O)ccnc1Oc1ccccc1. The number of anilines is 2. The van der Waals surface area contributed by atoms with Crippen molar-refractivity contribution in [2.45, 2.75) is 19.9 Å². The minimum atomic E-state index is -1.14. The van der Waals surface area contributed by atoms with Gasteiger partial charge >= 0.3 is 5.97 Å². The van der Waals surface area contributed by atoms with E-state index in [2.05, 4.69) is 20.3 Å². The molecule has 0 saturated heterocycles. The van der Waals surface area contributed by atoms with Gasteiger partial charge in [-0.05, 0) is 78.6 Å². The van der Waals surface area contributed by atoms with Crippen LogP contribution in [0.5, 0.6) is 11.6 Å². The Morgan fingerprint density at radius 3 is 2.56 bits per heavy atom. The highest BCUT2D eigenvalue weighted by atomic mass is 32.1. The minimum absolute atomic E-state index is 0.0693. The van der Waals surface area contributed by atoms with Crippen molar-refractivity contribution < 1.29 is 19.4 Å². The quantitative estimate of drug-likeness (QED) is 0.192. The molecule has 0 bridgehead atoms. The average molecular weight is 614 g/mol. The molecule has 3 aromatic heterocycles. The Morgan fingerprint density at radius 2 is 1.73 bits per heavy atom. The van der Waals surface area contributed by atoms with E-state index in [4.69, 9.17) is 4.74 Å². The molecule has 0 unspecified atom stereocenters. The predicted octanol–water partition coefficient (Wildman–Crippen LogP) is 7.37. The zero-order chi connectivity index (χ0) is 30.9. The number of benzene rings is 3. The van der Waals surface area contributed by atoms with Crippen LogP contribution >= 0.6 is 11.3 Å². The number of carbonyl (C=O) groups excluding carboxylic acids is 1. The first kappa shape index (κ1) is 28.2. The number of pyridine rings is 2. The summed E-state index contributed by atoms with van der Waals surface area (Å²) >= 11 is 1.43. The van der Waals surface area contributed by atoms with Crippen molar-refractivity contribution >= 4 is 44.4 Å². The van der Waals surface area contributed by atoms with Gasteiger partial charge in [-0.1, -0.05) is 53.8 Å². The van der Waals surface area contributed by atoms with E-state index in [9.17, 15) is 14.7 Å². The van der Waals surface area contributed by atoms with Gasteiger partial charge in [-0.15, -0.1) is 0 Å². The van der Waals surface area contributed by atoms with Gasteiger partial charge in [0.25, 0.3) is 5.91 Å². The van der Waals surface area contributed by atoms with E-state index in [0.717, 1.165) is 21.3 Å². The summed E-state index contributed by atoms with van der Waals surface area (Å²) in [5, 5.41) is 13.7. The van der Waals surface area contributed by atoms with Crippen LogP contribution in [0.3, 0.4) is 0 Å². The third kappa shape index (κ3) is 5.59.